The van der Waals surface area contributed by atoms with Gasteiger partial charge in [-0.3, -0.25) is 9.67 Å². The molecule has 1 aromatic carbocycles. The van der Waals surface area contributed by atoms with Crippen LogP contribution in [-0.4, -0.2) is 14.8 Å². The molecule has 1 heterocycles. The van der Waals surface area contributed by atoms with Gasteiger partial charge in [-0.2, -0.15) is 5.10 Å². The fraction of sp³-hybridized carbons (Fsp3) is 0.333. The number of nitrogens with zero attached hydrogens (tertiary/aromatic N) is 2. The third kappa shape index (κ3) is 2.20. The second-order valence-corrected chi connectivity index (χ2v) is 4.47. The average Bonchev–Trinajstić information content (AvgIpc) is 2.66. The van der Waals surface area contributed by atoms with Gasteiger partial charge in [0.1, 0.15) is 17.5 Å². The summed E-state index contributed by atoms with van der Waals surface area (Å²) >= 11 is 5.06. The van der Waals surface area contributed by atoms with Crippen LogP contribution >= 0.6 is 12.2 Å². The molecule has 0 atom stereocenters. The van der Waals surface area contributed by atoms with Crippen LogP contribution in [0.25, 0.3) is 5.69 Å². The highest BCUT2D eigenvalue weighted by atomic mass is 32.1. The Kier molecular flexibility index (Phi) is 3.56. The lowest BCUT2D eigenvalue weighted by molar-refractivity contribution is 0.582. The number of aromatic amines is 1. The number of hydrogen-bond donors (Lipinski definition) is 1. The Balaban J connectivity index is 2.65. The summed E-state index contributed by atoms with van der Waals surface area (Å²) in [5.74, 6) is -0.370. The van der Waals surface area contributed by atoms with Crippen LogP contribution in [-0.2, 0) is 6.42 Å². The topological polar surface area (TPSA) is 33.6 Å². The first-order valence-corrected chi connectivity index (χ1v) is 6.07. The molecule has 0 spiro atoms. The number of rotatable bonds is 3. The SMILES string of the molecule is CCCc1n[nH]c(=S)n1-c1cc(F)c(C)cc1F. The lowest BCUT2D eigenvalue weighted by Gasteiger charge is -2.08. The van der Waals surface area contributed by atoms with Gasteiger partial charge in [-0.15, -0.1) is 0 Å². The van der Waals surface area contributed by atoms with Crippen LogP contribution in [0, 0.1) is 23.3 Å². The van der Waals surface area contributed by atoms with Gasteiger partial charge in [0.2, 0.25) is 0 Å². The van der Waals surface area contributed by atoms with Gasteiger partial charge < -0.3 is 0 Å². The molecule has 2 rings (SSSR count). The van der Waals surface area contributed by atoms with Gasteiger partial charge in [0.05, 0.1) is 5.69 Å². The molecule has 0 bridgehead atoms. The van der Waals surface area contributed by atoms with Gasteiger partial charge in [0.15, 0.2) is 4.77 Å². The molecule has 0 fully saturated rings. The number of hydrogen-bond acceptors (Lipinski definition) is 2. The van der Waals surface area contributed by atoms with Gasteiger partial charge in [-0.05, 0) is 37.2 Å². The van der Waals surface area contributed by atoms with E-state index in [2.05, 4.69) is 10.2 Å². The third-order valence-electron chi connectivity index (χ3n) is 2.68. The van der Waals surface area contributed by atoms with Crippen molar-refractivity contribution in [3.8, 4) is 5.69 Å². The molecule has 1 aromatic heterocycles. The maximum absolute atomic E-state index is 13.9. The number of halogens is 2. The van der Waals surface area contributed by atoms with E-state index in [9.17, 15) is 8.78 Å². The van der Waals surface area contributed by atoms with Gasteiger partial charge in [0.25, 0.3) is 0 Å². The molecule has 0 radical (unpaired) electrons. The Bertz CT molecular complexity index is 631. The summed E-state index contributed by atoms with van der Waals surface area (Å²) in [5, 5.41) is 6.64. The molecule has 1 N–H and O–H groups in total. The van der Waals surface area contributed by atoms with Crippen molar-refractivity contribution in [3.63, 3.8) is 0 Å². The summed E-state index contributed by atoms with van der Waals surface area (Å²) in [6.07, 6.45) is 1.48. The monoisotopic (exact) mass is 269 g/mol. The van der Waals surface area contributed by atoms with Crippen molar-refractivity contribution in [2.24, 2.45) is 0 Å². The zero-order valence-electron chi connectivity index (χ0n) is 10.1. The Morgan fingerprint density at radius 2 is 2.06 bits per heavy atom. The Hall–Kier alpha value is -1.56. The molecule has 0 unspecified atom stereocenters. The van der Waals surface area contributed by atoms with E-state index in [0.29, 0.717) is 12.2 Å². The summed E-state index contributed by atoms with van der Waals surface area (Å²) in [4.78, 5) is 0. The molecule has 2 aromatic rings. The van der Waals surface area contributed by atoms with Crippen LogP contribution in [0.3, 0.4) is 0 Å². The van der Waals surface area contributed by atoms with Crippen molar-refractivity contribution in [3.05, 3.63) is 39.9 Å². The van der Waals surface area contributed by atoms with Crippen LogP contribution in [0.1, 0.15) is 24.7 Å². The van der Waals surface area contributed by atoms with Crippen molar-refractivity contribution in [1.29, 1.82) is 0 Å². The summed E-state index contributed by atoms with van der Waals surface area (Å²) < 4.78 is 29.2. The molecule has 18 heavy (non-hydrogen) atoms. The van der Waals surface area contributed by atoms with Crippen LogP contribution < -0.4 is 0 Å². The van der Waals surface area contributed by atoms with E-state index in [0.717, 1.165) is 18.6 Å². The van der Waals surface area contributed by atoms with Gasteiger partial charge in [-0.25, -0.2) is 8.78 Å². The number of nitrogens with one attached hydrogen (secondary N) is 1. The van der Waals surface area contributed by atoms with Crippen molar-refractivity contribution < 1.29 is 8.78 Å². The Labute approximate surface area is 108 Å². The molecule has 0 amide bonds. The van der Waals surface area contributed by atoms with Gasteiger partial charge in [-0.1, -0.05) is 6.92 Å². The van der Waals surface area contributed by atoms with E-state index in [1.165, 1.54) is 11.5 Å². The highest BCUT2D eigenvalue weighted by molar-refractivity contribution is 7.71. The molecule has 0 aliphatic heterocycles. The number of aryl methyl sites for hydroxylation is 2. The normalized spacial score (nSPS) is 10.9. The average molecular weight is 269 g/mol. The zero-order valence-corrected chi connectivity index (χ0v) is 10.9. The largest absolute Gasteiger partial charge is 0.269 e. The van der Waals surface area contributed by atoms with E-state index in [1.54, 1.807) is 0 Å². The van der Waals surface area contributed by atoms with Crippen LogP contribution in [0.4, 0.5) is 8.78 Å². The second kappa shape index (κ2) is 4.97. The van der Waals surface area contributed by atoms with Gasteiger partial charge >= 0.3 is 0 Å². The molecule has 0 aliphatic rings. The van der Waals surface area contributed by atoms with Crippen molar-refractivity contribution >= 4 is 12.2 Å². The minimum absolute atomic E-state index is 0.0975. The highest BCUT2D eigenvalue weighted by Crippen LogP contribution is 2.20. The fourth-order valence-corrected chi connectivity index (χ4v) is 2.03. The van der Waals surface area contributed by atoms with Gasteiger partial charge in [0, 0.05) is 12.5 Å². The van der Waals surface area contributed by atoms with E-state index in [4.69, 9.17) is 12.2 Å². The summed E-state index contributed by atoms with van der Waals surface area (Å²) in [5.41, 5.74) is 0.364. The molecule has 3 nitrogen and oxygen atoms in total. The first-order chi connectivity index (χ1) is 8.54. The first-order valence-electron chi connectivity index (χ1n) is 5.67. The minimum atomic E-state index is -0.510. The molecule has 0 saturated carbocycles. The summed E-state index contributed by atoms with van der Waals surface area (Å²) in [6, 6.07) is 2.31. The molecule has 0 aliphatic carbocycles. The summed E-state index contributed by atoms with van der Waals surface area (Å²) in [7, 11) is 0. The molecular weight excluding hydrogens is 256 g/mol. The standard InChI is InChI=1S/C12H13F2N3S/c1-3-4-11-15-16-12(18)17(11)10-6-8(13)7(2)5-9(10)14/h5-6H,3-4H2,1-2H3,(H,16,18). The zero-order chi connectivity index (χ0) is 13.3. The first kappa shape index (κ1) is 12.9. The molecular formula is C12H13F2N3S. The number of aromatic nitrogens is 3. The highest BCUT2D eigenvalue weighted by Gasteiger charge is 2.14. The minimum Gasteiger partial charge on any atom is -0.269 e. The lowest BCUT2D eigenvalue weighted by atomic mass is 10.2. The summed E-state index contributed by atoms with van der Waals surface area (Å²) in [6.45, 7) is 3.50. The fourth-order valence-electron chi connectivity index (χ4n) is 1.78. The maximum Gasteiger partial charge on any atom is 0.199 e. The van der Waals surface area contributed by atoms with Crippen molar-refractivity contribution in [2.45, 2.75) is 26.7 Å². The predicted octanol–water partition coefficient (Wildman–Crippen LogP) is 3.47. The van der Waals surface area contributed by atoms with Crippen molar-refractivity contribution in [1.82, 2.24) is 14.8 Å². The maximum atomic E-state index is 13.9. The van der Waals surface area contributed by atoms with Crippen LogP contribution in [0.5, 0.6) is 0 Å². The van der Waals surface area contributed by atoms with E-state index < -0.39 is 11.6 Å². The Morgan fingerprint density at radius 1 is 1.33 bits per heavy atom. The number of H-pyrrole nitrogens is 1. The van der Waals surface area contributed by atoms with Crippen molar-refractivity contribution in [2.75, 3.05) is 0 Å². The predicted molar refractivity (Wildman–Crippen MR) is 67.4 cm³/mol. The number of benzene rings is 1. The lowest BCUT2D eigenvalue weighted by Crippen LogP contribution is -2.05. The van der Waals surface area contributed by atoms with E-state index in [1.807, 2.05) is 6.92 Å². The van der Waals surface area contributed by atoms with Crippen LogP contribution in [0.15, 0.2) is 12.1 Å². The van der Waals surface area contributed by atoms with Crippen LogP contribution in [0.2, 0.25) is 0 Å². The molecule has 0 saturated heterocycles. The molecule has 96 valence electrons. The van der Waals surface area contributed by atoms with E-state index in [-0.39, 0.29) is 16.0 Å². The Morgan fingerprint density at radius 3 is 2.72 bits per heavy atom. The van der Waals surface area contributed by atoms with E-state index >= 15 is 0 Å². The second-order valence-electron chi connectivity index (χ2n) is 4.08. The quantitative estimate of drug-likeness (QED) is 0.866. The smallest absolute Gasteiger partial charge is 0.199 e. The molecule has 6 heteroatoms. The third-order valence-corrected chi connectivity index (χ3v) is 2.96.